The van der Waals surface area contributed by atoms with Crippen molar-refractivity contribution in [1.29, 1.82) is 0 Å². The van der Waals surface area contributed by atoms with Gasteiger partial charge in [0.2, 0.25) is 0 Å². The van der Waals surface area contributed by atoms with Crippen LogP contribution in [0.2, 0.25) is 0 Å². The van der Waals surface area contributed by atoms with Crippen LogP contribution in [0.4, 0.5) is 0 Å². The highest BCUT2D eigenvalue weighted by molar-refractivity contribution is 9.10. The first-order valence-electron chi connectivity index (χ1n) is 6.85. The third-order valence-electron chi connectivity index (χ3n) is 3.61. The van der Waals surface area contributed by atoms with Crippen molar-refractivity contribution < 1.29 is 5.11 Å². The molecule has 1 N–H and O–H groups in total. The summed E-state index contributed by atoms with van der Waals surface area (Å²) in [4.78, 5) is 2.46. The lowest BCUT2D eigenvalue weighted by Crippen LogP contribution is -2.27. The molecule has 0 spiro atoms. The molecule has 1 fully saturated rings. The van der Waals surface area contributed by atoms with Crippen LogP contribution in [-0.4, -0.2) is 29.6 Å². The Bertz CT molecular complexity index is 379. The zero-order valence-corrected chi connectivity index (χ0v) is 12.6. The van der Waals surface area contributed by atoms with Gasteiger partial charge in [-0.25, -0.2) is 0 Å². The molecule has 1 aliphatic carbocycles. The Kier molecular flexibility index (Phi) is 5.22. The summed E-state index contributed by atoms with van der Waals surface area (Å²) in [6.45, 7) is 5.48. The van der Waals surface area contributed by atoms with E-state index in [4.69, 9.17) is 0 Å². The molecule has 18 heavy (non-hydrogen) atoms. The van der Waals surface area contributed by atoms with Crippen LogP contribution < -0.4 is 0 Å². The minimum absolute atomic E-state index is 0.351. The van der Waals surface area contributed by atoms with E-state index in [0.717, 1.165) is 35.5 Å². The van der Waals surface area contributed by atoms with E-state index in [0.29, 0.717) is 0 Å². The average Bonchev–Trinajstić information content (AvgIpc) is 3.18. The number of halogens is 1. The monoisotopic (exact) mass is 311 g/mol. The molecule has 0 bridgehead atoms. The summed E-state index contributed by atoms with van der Waals surface area (Å²) in [5.41, 5.74) is 1.01. The Morgan fingerprint density at radius 3 is 2.83 bits per heavy atom. The van der Waals surface area contributed by atoms with E-state index in [1.807, 2.05) is 24.3 Å². The van der Waals surface area contributed by atoms with Crippen molar-refractivity contribution in [2.75, 3.05) is 19.6 Å². The molecule has 1 aromatic rings. The van der Waals surface area contributed by atoms with Gasteiger partial charge in [0.1, 0.15) is 0 Å². The first-order chi connectivity index (χ1) is 8.69. The van der Waals surface area contributed by atoms with Crippen LogP contribution in [-0.2, 0) is 0 Å². The third kappa shape index (κ3) is 4.38. The largest absolute Gasteiger partial charge is 0.388 e. The number of aliphatic hydroxyl groups is 1. The van der Waals surface area contributed by atoms with Gasteiger partial charge >= 0.3 is 0 Å². The standard InChI is InChI=1S/C15H22BrNO/c1-2-17(11-12-6-7-12)9-8-15(18)13-4-3-5-14(16)10-13/h3-5,10,12,15,18H,2,6-9,11H2,1H3. The van der Waals surface area contributed by atoms with Gasteiger partial charge in [0.25, 0.3) is 0 Å². The fraction of sp³-hybridized carbons (Fsp3) is 0.600. The molecule has 0 radical (unpaired) electrons. The van der Waals surface area contributed by atoms with Crippen molar-refractivity contribution in [3.05, 3.63) is 34.3 Å². The van der Waals surface area contributed by atoms with E-state index in [9.17, 15) is 5.11 Å². The number of hydrogen-bond acceptors (Lipinski definition) is 2. The van der Waals surface area contributed by atoms with Gasteiger partial charge in [-0.3, -0.25) is 0 Å². The fourth-order valence-electron chi connectivity index (χ4n) is 2.23. The van der Waals surface area contributed by atoms with Gasteiger partial charge in [-0.1, -0.05) is 35.0 Å². The smallest absolute Gasteiger partial charge is 0.0802 e. The maximum absolute atomic E-state index is 10.2. The molecule has 1 aliphatic rings. The highest BCUT2D eigenvalue weighted by atomic mass is 79.9. The number of benzene rings is 1. The molecule has 0 aromatic heterocycles. The summed E-state index contributed by atoms with van der Waals surface area (Å²) >= 11 is 3.44. The Labute approximate surface area is 118 Å². The van der Waals surface area contributed by atoms with Crippen LogP contribution in [0.15, 0.2) is 28.7 Å². The molecule has 1 aromatic carbocycles. The van der Waals surface area contributed by atoms with Crippen LogP contribution in [0, 0.1) is 5.92 Å². The van der Waals surface area contributed by atoms with Crippen molar-refractivity contribution >= 4 is 15.9 Å². The SMILES string of the molecule is CCN(CCC(O)c1cccc(Br)c1)CC1CC1. The van der Waals surface area contributed by atoms with Gasteiger partial charge in [0, 0.05) is 17.6 Å². The summed E-state index contributed by atoms with van der Waals surface area (Å²) in [5.74, 6) is 0.924. The van der Waals surface area contributed by atoms with Crippen LogP contribution in [0.25, 0.3) is 0 Å². The number of aliphatic hydroxyl groups excluding tert-OH is 1. The molecule has 0 saturated heterocycles. The van der Waals surface area contributed by atoms with Gasteiger partial charge in [0.05, 0.1) is 6.10 Å². The van der Waals surface area contributed by atoms with Crippen LogP contribution >= 0.6 is 15.9 Å². The zero-order chi connectivity index (χ0) is 13.0. The van der Waals surface area contributed by atoms with Crippen LogP contribution in [0.5, 0.6) is 0 Å². The zero-order valence-electron chi connectivity index (χ0n) is 11.0. The second-order valence-corrected chi connectivity index (χ2v) is 6.11. The lowest BCUT2D eigenvalue weighted by molar-refractivity contribution is 0.142. The molecule has 1 unspecified atom stereocenters. The third-order valence-corrected chi connectivity index (χ3v) is 4.11. The van der Waals surface area contributed by atoms with E-state index in [1.54, 1.807) is 0 Å². The summed E-state index contributed by atoms with van der Waals surface area (Å²) in [5, 5.41) is 10.2. The second-order valence-electron chi connectivity index (χ2n) is 5.20. The van der Waals surface area contributed by atoms with Crippen molar-refractivity contribution in [2.24, 2.45) is 5.92 Å². The quantitative estimate of drug-likeness (QED) is 0.831. The molecule has 0 heterocycles. The molecular formula is C15H22BrNO. The molecule has 0 aliphatic heterocycles. The molecule has 0 amide bonds. The number of nitrogens with zero attached hydrogens (tertiary/aromatic N) is 1. The highest BCUT2D eigenvalue weighted by Crippen LogP contribution is 2.30. The highest BCUT2D eigenvalue weighted by Gasteiger charge is 2.23. The molecule has 100 valence electrons. The van der Waals surface area contributed by atoms with E-state index < -0.39 is 0 Å². The lowest BCUT2D eigenvalue weighted by atomic mass is 10.1. The van der Waals surface area contributed by atoms with E-state index >= 15 is 0 Å². The van der Waals surface area contributed by atoms with Crippen LogP contribution in [0.1, 0.15) is 37.9 Å². The van der Waals surface area contributed by atoms with Gasteiger partial charge in [-0.2, -0.15) is 0 Å². The van der Waals surface area contributed by atoms with Gasteiger partial charge in [-0.05, 0) is 49.4 Å². The van der Waals surface area contributed by atoms with Crippen molar-refractivity contribution in [3.8, 4) is 0 Å². The normalized spacial score (nSPS) is 17.1. The predicted octanol–water partition coefficient (Wildman–Crippen LogP) is 3.60. The van der Waals surface area contributed by atoms with Gasteiger partial charge in [0.15, 0.2) is 0 Å². The Morgan fingerprint density at radius 1 is 1.44 bits per heavy atom. The molecule has 1 atom stereocenters. The van der Waals surface area contributed by atoms with Crippen LogP contribution in [0.3, 0.4) is 0 Å². The Hall–Kier alpha value is -0.380. The summed E-state index contributed by atoms with van der Waals surface area (Å²) in [6.07, 6.45) is 3.25. The molecule has 2 nitrogen and oxygen atoms in total. The van der Waals surface area contributed by atoms with Crippen molar-refractivity contribution in [1.82, 2.24) is 4.90 Å². The first-order valence-corrected chi connectivity index (χ1v) is 7.64. The van der Waals surface area contributed by atoms with Gasteiger partial charge < -0.3 is 10.0 Å². The summed E-state index contributed by atoms with van der Waals surface area (Å²) in [7, 11) is 0. The average molecular weight is 312 g/mol. The molecule has 1 saturated carbocycles. The Balaban J connectivity index is 1.80. The van der Waals surface area contributed by atoms with E-state index in [1.165, 1.54) is 19.4 Å². The minimum atomic E-state index is -0.351. The molecule has 3 heteroatoms. The predicted molar refractivity (Wildman–Crippen MR) is 78.6 cm³/mol. The topological polar surface area (TPSA) is 23.5 Å². The number of rotatable bonds is 7. The minimum Gasteiger partial charge on any atom is -0.388 e. The second kappa shape index (κ2) is 6.69. The van der Waals surface area contributed by atoms with Crippen molar-refractivity contribution in [2.45, 2.75) is 32.3 Å². The van der Waals surface area contributed by atoms with E-state index in [2.05, 4.69) is 27.8 Å². The summed E-state index contributed by atoms with van der Waals surface area (Å²) < 4.78 is 1.03. The fourth-order valence-corrected chi connectivity index (χ4v) is 2.65. The molecular weight excluding hydrogens is 290 g/mol. The van der Waals surface area contributed by atoms with Crippen molar-refractivity contribution in [3.63, 3.8) is 0 Å². The maximum atomic E-state index is 10.2. The van der Waals surface area contributed by atoms with Gasteiger partial charge in [-0.15, -0.1) is 0 Å². The summed E-state index contributed by atoms with van der Waals surface area (Å²) in [6, 6.07) is 7.96. The van der Waals surface area contributed by atoms with E-state index in [-0.39, 0.29) is 6.10 Å². The first kappa shape index (κ1) is 14.0. The lowest BCUT2D eigenvalue weighted by Gasteiger charge is -2.22. The Morgan fingerprint density at radius 2 is 2.22 bits per heavy atom. The maximum Gasteiger partial charge on any atom is 0.0802 e. The molecule has 2 rings (SSSR count). The number of hydrogen-bond donors (Lipinski definition) is 1.